The van der Waals surface area contributed by atoms with E-state index in [2.05, 4.69) is 27.6 Å². The number of benzene rings is 2. The molecule has 0 aliphatic carbocycles. The predicted octanol–water partition coefficient (Wildman–Crippen LogP) is 2.72. The first-order chi connectivity index (χ1) is 9.33. The number of nitrogens with one attached hydrogen (secondary N) is 2. The highest BCUT2D eigenvalue weighted by molar-refractivity contribution is 6.24. The van der Waals surface area contributed by atoms with Crippen molar-refractivity contribution in [3.63, 3.8) is 0 Å². The molecule has 0 radical (unpaired) electrons. The third-order valence-corrected chi connectivity index (χ3v) is 3.57. The van der Waals surface area contributed by atoms with Crippen LogP contribution in [0.3, 0.4) is 0 Å². The molecule has 1 aromatic heterocycles. The highest BCUT2D eigenvalue weighted by atomic mass is 16.1. The Hall–Kier alpha value is -2.62. The SMILES string of the molecule is O=C1Nc2ccc(Cc3cn[nH]c3)c3cccc1c23. The number of hydrogen-bond donors (Lipinski definition) is 2. The zero-order valence-electron chi connectivity index (χ0n) is 10.1. The van der Waals surface area contributed by atoms with Crippen molar-refractivity contribution in [3.05, 3.63) is 59.4 Å². The van der Waals surface area contributed by atoms with Gasteiger partial charge in [-0.2, -0.15) is 5.10 Å². The van der Waals surface area contributed by atoms with Gasteiger partial charge in [0, 0.05) is 29.3 Å². The van der Waals surface area contributed by atoms with Crippen LogP contribution in [0.25, 0.3) is 10.8 Å². The molecule has 2 N–H and O–H groups in total. The fourth-order valence-electron chi connectivity index (χ4n) is 2.70. The summed E-state index contributed by atoms with van der Waals surface area (Å²) in [5, 5.41) is 11.9. The number of nitrogens with zero attached hydrogens (tertiary/aromatic N) is 1. The van der Waals surface area contributed by atoms with E-state index in [0.717, 1.165) is 34.0 Å². The van der Waals surface area contributed by atoms with Crippen molar-refractivity contribution >= 4 is 22.4 Å². The van der Waals surface area contributed by atoms with Crippen molar-refractivity contribution in [2.24, 2.45) is 0 Å². The van der Waals surface area contributed by atoms with Crippen LogP contribution in [0, 0.1) is 0 Å². The molecule has 92 valence electrons. The van der Waals surface area contributed by atoms with Crippen LogP contribution in [0.4, 0.5) is 5.69 Å². The molecule has 0 spiro atoms. The molecule has 3 aromatic rings. The van der Waals surface area contributed by atoms with Crippen LogP contribution < -0.4 is 5.32 Å². The molecule has 1 aliphatic rings. The Morgan fingerprint density at radius 1 is 1.16 bits per heavy atom. The van der Waals surface area contributed by atoms with Crippen molar-refractivity contribution in [2.45, 2.75) is 6.42 Å². The number of aromatic nitrogens is 2. The van der Waals surface area contributed by atoms with Crippen molar-refractivity contribution < 1.29 is 4.79 Å². The highest BCUT2D eigenvalue weighted by Gasteiger charge is 2.21. The molecular weight excluding hydrogens is 238 g/mol. The zero-order chi connectivity index (χ0) is 12.8. The molecule has 1 aliphatic heterocycles. The van der Waals surface area contributed by atoms with Gasteiger partial charge in [0.05, 0.1) is 6.20 Å². The molecule has 4 nitrogen and oxygen atoms in total. The number of amides is 1. The zero-order valence-corrected chi connectivity index (χ0v) is 10.1. The summed E-state index contributed by atoms with van der Waals surface area (Å²) in [5.41, 5.74) is 4.02. The van der Waals surface area contributed by atoms with Gasteiger partial charge in [0.25, 0.3) is 5.91 Å². The summed E-state index contributed by atoms with van der Waals surface area (Å²) in [6.07, 6.45) is 4.53. The third kappa shape index (κ3) is 1.46. The number of hydrogen-bond acceptors (Lipinski definition) is 2. The van der Waals surface area contributed by atoms with Gasteiger partial charge in [-0.05, 0) is 28.6 Å². The summed E-state index contributed by atoms with van der Waals surface area (Å²) in [7, 11) is 0. The monoisotopic (exact) mass is 249 g/mol. The molecule has 2 heterocycles. The normalized spacial score (nSPS) is 12.9. The van der Waals surface area contributed by atoms with Gasteiger partial charge in [-0.25, -0.2) is 0 Å². The lowest BCUT2D eigenvalue weighted by atomic mass is 9.97. The minimum atomic E-state index is -0.0129. The van der Waals surface area contributed by atoms with Gasteiger partial charge >= 0.3 is 0 Å². The average Bonchev–Trinajstić information content (AvgIpc) is 3.03. The van der Waals surface area contributed by atoms with E-state index in [4.69, 9.17) is 0 Å². The summed E-state index contributed by atoms with van der Waals surface area (Å²) < 4.78 is 0. The fraction of sp³-hybridized carbons (Fsp3) is 0.0667. The molecule has 0 atom stereocenters. The van der Waals surface area contributed by atoms with Crippen LogP contribution in [0.2, 0.25) is 0 Å². The highest BCUT2D eigenvalue weighted by Crippen LogP contribution is 2.35. The second-order valence-electron chi connectivity index (χ2n) is 4.74. The summed E-state index contributed by atoms with van der Waals surface area (Å²) >= 11 is 0. The number of rotatable bonds is 2. The Kier molecular flexibility index (Phi) is 2.00. The maximum atomic E-state index is 11.8. The van der Waals surface area contributed by atoms with Crippen LogP contribution >= 0.6 is 0 Å². The van der Waals surface area contributed by atoms with Crippen LogP contribution in [0.1, 0.15) is 21.5 Å². The first kappa shape index (κ1) is 10.3. The number of aromatic amines is 1. The summed E-state index contributed by atoms with van der Waals surface area (Å²) in [5.74, 6) is -0.0129. The average molecular weight is 249 g/mol. The van der Waals surface area contributed by atoms with Crippen LogP contribution in [-0.2, 0) is 6.42 Å². The second kappa shape index (κ2) is 3.68. The van der Waals surface area contributed by atoms with E-state index in [1.807, 2.05) is 30.6 Å². The topological polar surface area (TPSA) is 57.8 Å². The summed E-state index contributed by atoms with van der Waals surface area (Å²) in [6.45, 7) is 0. The van der Waals surface area contributed by atoms with E-state index in [0.29, 0.717) is 0 Å². The van der Waals surface area contributed by atoms with E-state index in [1.54, 1.807) is 0 Å². The molecule has 4 rings (SSSR count). The molecule has 1 amide bonds. The number of anilines is 1. The summed E-state index contributed by atoms with van der Waals surface area (Å²) in [4.78, 5) is 11.8. The lowest BCUT2D eigenvalue weighted by Gasteiger charge is -2.06. The first-order valence-electron chi connectivity index (χ1n) is 6.16. The molecule has 2 aromatic carbocycles. The molecule has 0 bridgehead atoms. The lowest BCUT2D eigenvalue weighted by molar-refractivity contribution is 0.103. The fourth-order valence-corrected chi connectivity index (χ4v) is 2.70. The van der Waals surface area contributed by atoms with Crippen LogP contribution in [0.15, 0.2) is 42.7 Å². The molecule has 0 fully saturated rings. The smallest absolute Gasteiger partial charge is 0.256 e. The molecule has 0 saturated heterocycles. The third-order valence-electron chi connectivity index (χ3n) is 3.57. The molecule has 0 unspecified atom stereocenters. The Labute approximate surface area is 109 Å². The predicted molar refractivity (Wildman–Crippen MR) is 73.3 cm³/mol. The van der Waals surface area contributed by atoms with Crippen molar-refractivity contribution in [3.8, 4) is 0 Å². The van der Waals surface area contributed by atoms with Crippen LogP contribution in [0.5, 0.6) is 0 Å². The van der Waals surface area contributed by atoms with Gasteiger partial charge in [-0.15, -0.1) is 0 Å². The van der Waals surface area contributed by atoms with Gasteiger partial charge in [-0.3, -0.25) is 9.89 Å². The Morgan fingerprint density at radius 2 is 2.11 bits per heavy atom. The van der Waals surface area contributed by atoms with E-state index in [9.17, 15) is 4.79 Å². The van der Waals surface area contributed by atoms with Gasteiger partial charge in [0.2, 0.25) is 0 Å². The standard InChI is InChI=1S/C15H11N3O/c19-15-12-3-1-2-11-10(6-9-7-16-17-8-9)4-5-13(18-15)14(11)12/h1-5,7-8H,6H2,(H,16,17)(H,18,19). The Morgan fingerprint density at radius 3 is 2.95 bits per heavy atom. The minimum absolute atomic E-state index is 0.0129. The van der Waals surface area contributed by atoms with Crippen LogP contribution in [-0.4, -0.2) is 16.1 Å². The summed E-state index contributed by atoms with van der Waals surface area (Å²) in [6, 6.07) is 9.92. The number of carbonyl (C=O) groups is 1. The molecule has 19 heavy (non-hydrogen) atoms. The first-order valence-corrected chi connectivity index (χ1v) is 6.16. The van der Waals surface area contributed by atoms with Crippen molar-refractivity contribution in [2.75, 3.05) is 5.32 Å². The van der Waals surface area contributed by atoms with Crippen molar-refractivity contribution in [1.82, 2.24) is 10.2 Å². The lowest BCUT2D eigenvalue weighted by Crippen LogP contribution is -2.03. The maximum Gasteiger partial charge on any atom is 0.256 e. The van der Waals surface area contributed by atoms with Crippen molar-refractivity contribution in [1.29, 1.82) is 0 Å². The van der Waals surface area contributed by atoms with Gasteiger partial charge < -0.3 is 5.32 Å². The Bertz CT molecular complexity index is 791. The van der Waals surface area contributed by atoms with Gasteiger partial charge in [-0.1, -0.05) is 18.2 Å². The molecule has 4 heteroatoms. The van der Waals surface area contributed by atoms with E-state index in [1.165, 1.54) is 5.56 Å². The van der Waals surface area contributed by atoms with E-state index >= 15 is 0 Å². The van der Waals surface area contributed by atoms with E-state index in [-0.39, 0.29) is 5.91 Å². The van der Waals surface area contributed by atoms with Gasteiger partial charge in [0.1, 0.15) is 0 Å². The minimum Gasteiger partial charge on any atom is -0.321 e. The molecule has 0 saturated carbocycles. The van der Waals surface area contributed by atoms with E-state index < -0.39 is 0 Å². The molecular formula is C15H11N3O. The number of H-pyrrole nitrogens is 1. The van der Waals surface area contributed by atoms with Gasteiger partial charge in [0.15, 0.2) is 0 Å². The number of carbonyl (C=O) groups excluding carboxylic acids is 1. The quantitative estimate of drug-likeness (QED) is 0.733. The Balaban J connectivity index is 1.94. The maximum absolute atomic E-state index is 11.8. The second-order valence-corrected chi connectivity index (χ2v) is 4.74. The largest absolute Gasteiger partial charge is 0.321 e.